The van der Waals surface area contributed by atoms with Crippen LogP contribution < -0.4 is 5.73 Å². The van der Waals surface area contributed by atoms with Gasteiger partial charge in [-0.15, -0.1) is 0 Å². The van der Waals surface area contributed by atoms with E-state index < -0.39 is 12.6 Å². The molecule has 0 aliphatic heterocycles. The Balaban J connectivity index is 2.68. The summed E-state index contributed by atoms with van der Waals surface area (Å²) in [5, 5.41) is 0. The maximum Gasteiger partial charge on any atom is 0.488 e. The van der Waals surface area contributed by atoms with Crippen molar-refractivity contribution in [3.63, 3.8) is 0 Å². The topological polar surface area (TPSA) is 26.0 Å². The molecule has 0 amide bonds. The lowest BCUT2D eigenvalue weighted by Crippen LogP contribution is -2.18. The number of halogens is 4. The summed E-state index contributed by atoms with van der Waals surface area (Å²) in [5.41, 5.74) is 5.15. The average molecular weight is 285 g/mol. The molecular weight excluding hydrogens is 278 g/mol. The van der Waals surface area contributed by atoms with Crippen LogP contribution in [0.15, 0.2) is 27.6 Å². The number of nitrogens with two attached hydrogens (primary N) is 1. The number of hydrogen-bond acceptors (Lipinski definition) is 2. The fourth-order valence-electron chi connectivity index (χ4n) is 0.818. The number of hydrogen-bond donors (Lipinski definition) is 1. The third kappa shape index (κ3) is 3.83. The van der Waals surface area contributed by atoms with Crippen LogP contribution in [0, 0.1) is 0 Å². The molecule has 1 nitrogen and oxygen atoms in total. The Hall–Kier alpha value is -0.295. The highest BCUT2D eigenvalue weighted by atomic mass is 79.9. The number of benzene rings is 1. The predicted molar refractivity (Wildman–Crippen MR) is 58.4 cm³/mol. The second kappa shape index (κ2) is 4.48. The second-order valence-corrected chi connectivity index (χ2v) is 4.63. The van der Waals surface area contributed by atoms with Gasteiger partial charge in [-0.05, 0) is 39.8 Å². The van der Waals surface area contributed by atoms with E-state index in [4.69, 9.17) is 5.73 Å². The molecule has 0 saturated carbocycles. The van der Waals surface area contributed by atoms with Gasteiger partial charge >= 0.3 is 6.98 Å². The van der Waals surface area contributed by atoms with Crippen molar-refractivity contribution in [2.75, 3.05) is 11.4 Å². The normalized spacial score (nSPS) is 11.7. The van der Waals surface area contributed by atoms with Gasteiger partial charge in [0.15, 0.2) is 0 Å². The molecule has 0 heterocycles. The first-order valence-electron chi connectivity index (χ1n) is 3.77. The van der Waals surface area contributed by atoms with E-state index in [2.05, 4.69) is 15.9 Å². The minimum absolute atomic E-state index is 0.527. The lowest BCUT2D eigenvalue weighted by molar-refractivity contribution is 0.485. The highest BCUT2D eigenvalue weighted by Gasteiger charge is 2.23. The first-order chi connectivity index (χ1) is 6.38. The molecule has 0 aliphatic rings. The Morgan fingerprint density at radius 1 is 1.36 bits per heavy atom. The van der Waals surface area contributed by atoms with E-state index in [1.54, 1.807) is 18.2 Å². The molecule has 0 unspecified atom stereocenters. The summed E-state index contributed by atoms with van der Waals surface area (Å²) in [6.45, 7) is -4.74. The summed E-state index contributed by atoms with van der Waals surface area (Å²) in [7, 11) is 0. The van der Waals surface area contributed by atoms with Gasteiger partial charge in [0.25, 0.3) is 0 Å². The quantitative estimate of drug-likeness (QED) is 0.522. The van der Waals surface area contributed by atoms with Gasteiger partial charge < -0.3 is 18.7 Å². The van der Waals surface area contributed by atoms with Gasteiger partial charge in [-0.25, -0.2) is 0 Å². The summed E-state index contributed by atoms with van der Waals surface area (Å²) < 4.78 is 36.5. The van der Waals surface area contributed by atoms with Crippen LogP contribution in [-0.2, 0) is 0 Å². The molecular formula is C7H7BBrF3NS-. The molecule has 0 saturated heterocycles. The minimum atomic E-state index is -4.74. The molecule has 1 rings (SSSR count). The Kier molecular flexibility index (Phi) is 3.77. The Labute approximate surface area is 92.4 Å². The highest BCUT2D eigenvalue weighted by Crippen LogP contribution is 2.31. The van der Waals surface area contributed by atoms with E-state index in [-0.39, 0.29) is 0 Å². The fraction of sp³-hybridized carbons (Fsp3) is 0.143. The van der Waals surface area contributed by atoms with E-state index in [9.17, 15) is 12.9 Å². The number of thioether (sulfide) groups is 1. The lowest BCUT2D eigenvalue weighted by Gasteiger charge is -2.13. The van der Waals surface area contributed by atoms with Gasteiger partial charge in [0.1, 0.15) is 0 Å². The highest BCUT2D eigenvalue weighted by molar-refractivity contribution is 9.10. The van der Waals surface area contributed by atoms with Crippen LogP contribution in [0.4, 0.5) is 18.6 Å². The Morgan fingerprint density at radius 3 is 2.50 bits per heavy atom. The van der Waals surface area contributed by atoms with Crippen LogP contribution in [0.25, 0.3) is 0 Å². The first-order valence-corrected chi connectivity index (χ1v) is 5.55. The molecule has 0 bridgehead atoms. The summed E-state index contributed by atoms with van der Waals surface area (Å²) in [6.07, 6.45) is 0. The third-order valence-electron chi connectivity index (χ3n) is 1.38. The minimum Gasteiger partial charge on any atom is -0.448 e. The van der Waals surface area contributed by atoms with Crippen LogP contribution in [0.2, 0.25) is 0 Å². The second-order valence-electron chi connectivity index (χ2n) is 2.71. The van der Waals surface area contributed by atoms with Gasteiger partial charge in [-0.1, -0.05) is 0 Å². The van der Waals surface area contributed by atoms with Crippen molar-refractivity contribution in [3.8, 4) is 0 Å². The summed E-state index contributed by atoms with van der Waals surface area (Å²) in [5.74, 6) is 0. The maximum absolute atomic E-state index is 12.0. The standard InChI is InChI=1S/C7H7BBrF3NS/c9-6-3-5(13)1-2-7(6)14-4-8(10,11)12/h1-3H,4,13H2/q-1. The van der Waals surface area contributed by atoms with Crippen LogP contribution in [-0.4, -0.2) is 12.6 Å². The molecule has 1 aromatic carbocycles. The lowest BCUT2D eigenvalue weighted by atomic mass is 9.98. The molecule has 78 valence electrons. The molecule has 0 radical (unpaired) electrons. The van der Waals surface area contributed by atoms with Crippen LogP contribution >= 0.6 is 27.7 Å². The Morgan fingerprint density at radius 2 is 2.00 bits per heavy atom. The van der Waals surface area contributed by atoms with Crippen molar-refractivity contribution in [1.82, 2.24) is 0 Å². The van der Waals surface area contributed by atoms with Crippen molar-refractivity contribution in [3.05, 3.63) is 22.7 Å². The number of nitrogen functional groups attached to an aromatic ring is 1. The van der Waals surface area contributed by atoms with E-state index in [1.165, 1.54) is 0 Å². The SMILES string of the molecule is Nc1ccc(SC[B-](F)(F)F)c(Br)c1. The van der Waals surface area contributed by atoms with Gasteiger partial charge in [0, 0.05) is 15.1 Å². The van der Waals surface area contributed by atoms with E-state index in [0.717, 1.165) is 11.8 Å². The summed E-state index contributed by atoms with van der Waals surface area (Å²) in [4.78, 5) is 0.554. The van der Waals surface area contributed by atoms with E-state index >= 15 is 0 Å². The zero-order valence-corrected chi connectivity index (χ0v) is 9.42. The molecule has 14 heavy (non-hydrogen) atoms. The molecule has 0 aliphatic carbocycles. The van der Waals surface area contributed by atoms with Gasteiger partial charge in [0.2, 0.25) is 0 Å². The number of anilines is 1. The maximum atomic E-state index is 12.0. The molecule has 0 aromatic heterocycles. The van der Waals surface area contributed by atoms with Crippen molar-refractivity contribution >= 4 is 40.4 Å². The van der Waals surface area contributed by atoms with Gasteiger partial charge in [-0.3, -0.25) is 0 Å². The van der Waals surface area contributed by atoms with Crippen molar-refractivity contribution in [2.24, 2.45) is 0 Å². The van der Waals surface area contributed by atoms with E-state index in [0.29, 0.717) is 15.1 Å². The number of rotatable bonds is 3. The fourth-order valence-corrected chi connectivity index (χ4v) is 2.29. The molecule has 1 aromatic rings. The summed E-state index contributed by atoms with van der Waals surface area (Å²) in [6, 6.07) is 4.74. The zero-order chi connectivity index (χ0) is 10.8. The molecule has 0 fully saturated rings. The average Bonchev–Trinajstić information content (AvgIpc) is 2.00. The first kappa shape index (κ1) is 11.8. The van der Waals surface area contributed by atoms with Crippen LogP contribution in [0.3, 0.4) is 0 Å². The van der Waals surface area contributed by atoms with Crippen molar-refractivity contribution < 1.29 is 12.9 Å². The smallest absolute Gasteiger partial charge is 0.448 e. The molecule has 2 N–H and O–H groups in total. The molecule has 7 heteroatoms. The predicted octanol–water partition coefficient (Wildman–Crippen LogP) is 3.51. The van der Waals surface area contributed by atoms with Gasteiger partial charge in [0.05, 0.1) is 0 Å². The van der Waals surface area contributed by atoms with Gasteiger partial charge in [-0.2, -0.15) is 11.8 Å². The van der Waals surface area contributed by atoms with Crippen molar-refractivity contribution in [1.29, 1.82) is 0 Å². The Bertz CT molecular complexity index is 331. The molecule has 0 atom stereocenters. The van der Waals surface area contributed by atoms with Crippen LogP contribution in [0.5, 0.6) is 0 Å². The monoisotopic (exact) mass is 284 g/mol. The van der Waals surface area contributed by atoms with Crippen molar-refractivity contribution in [2.45, 2.75) is 4.90 Å². The summed E-state index contributed by atoms with van der Waals surface area (Å²) >= 11 is 3.92. The van der Waals surface area contributed by atoms with Crippen LogP contribution in [0.1, 0.15) is 0 Å². The largest absolute Gasteiger partial charge is 0.488 e. The zero-order valence-electron chi connectivity index (χ0n) is 7.01. The third-order valence-corrected chi connectivity index (χ3v) is 3.51. The molecule has 0 spiro atoms. The van der Waals surface area contributed by atoms with E-state index in [1.807, 2.05) is 0 Å².